The molecule has 0 aromatic carbocycles. The lowest BCUT2D eigenvalue weighted by Crippen LogP contribution is -2.42. The molecule has 1 rings (SSSR count). The molecule has 1 aliphatic rings. The molecule has 0 heterocycles. The van der Waals surface area contributed by atoms with E-state index in [4.69, 9.17) is 4.74 Å². The van der Waals surface area contributed by atoms with Crippen LogP contribution in [-0.2, 0) is 4.74 Å². The minimum atomic E-state index is 0.465. The Labute approximate surface area is 105 Å². The van der Waals surface area contributed by atoms with Gasteiger partial charge in [0.05, 0.1) is 0 Å². The van der Waals surface area contributed by atoms with E-state index < -0.39 is 0 Å². The van der Waals surface area contributed by atoms with Crippen LogP contribution in [0.2, 0.25) is 0 Å². The number of nitrogens with one attached hydrogen (secondary N) is 2. The van der Waals surface area contributed by atoms with E-state index in [1.54, 1.807) is 7.05 Å². The predicted molar refractivity (Wildman–Crippen MR) is 72.4 cm³/mol. The first-order chi connectivity index (χ1) is 8.26. The molecule has 0 saturated heterocycles. The molecule has 4 nitrogen and oxygen atoms in total. The van der Waals surface area contributed by atoms with Gasteiger partial charge in [0.25, 0.3) is 0 Å². The van der Waals surface area contributed by atoms with Crippen LogP contribution < -0.4 is 10.6 Å². The minimum absolute atomic E-state index is 0.465. The van der Waals surface area contributed by atoms with E-state index in [-0.39, 0.29) is 0 Å². The number of hydrogen-bond donors (Lipinski definition) is 2. The highest BCUT2D eigenvalue weighted by atomic mass is 16.5. The molecule has 0 aromatic heterocycles. The Morgan fingerprint density at radius 3 is 2.82 bits per heavy atom. The van der Waals surface area contributed by atoms with Crippen molar-refractivity contribution in [3.05, 3.63) is 0 Å². The van der Waals surface area contributed by atoms with Gasteiger partial charge in [-0.1, -0.05) is 6.92 Å². The summed E-state index contributed by atoms with van der Waals surface area (Å²) >= 11 is 0. The van der Waals surface area contributed by atoms with Gasteiger partial charge in [-0.15, -0.1) is 0 Å². The number of nitrogens with zero attached hydrogens (tertiary/aromatic N) is 1. The molecule has 0 bridgehead atoms. The van der Waals surface area contributed by atoms with E-state index in [0.717, 1.165) is 44.5 Å². The smallest absolute Gasteiger partial charge is 0.191 e. The molecule has 0 aliphatic heterocycles. The Morgan fingerprint density at radius 1 is 1.47 bits per heavy atom. The normalized spacial score (nSPS) is 17.9. The van der Waals surface area contributed by atoms with Gasteiger partial charge < -0.3 is 15.4 Å². The van der Waals surface area contributed by atoms with Crippen molar-refractivity contribution in [2.75, 3.05) is 26.8 Å². The number of hydrogen-bond acceptors (Lipinski definition) is 2. The van der Waals surface area contributed by atoms with Crippen LogP contribution in [0.1, 0.15) is 39.5 Å². The van der Waals surface area contributed by atoms with Gasteiger partial charge in [-0.25, -0.2) is 0 Å². The summed E-state index contributed by atoms with van der Waals surface area (Å²) in [6.45, 7) is 7.05. The fourth-order valence-corrected chi connectivity index (χ4v) is 1.45. The van der Waals surface area contributed by atoms with Gasteiger partial charge >= 0.3 is 0 Å². The van der Waals surface area contributed by atoms with Crippen molar-refractivity contribution >= 4 is 5.96 Å². The third-order valence-corrected chi connectivity index (χ3v) is 3.03. The van der Waals surface area contributed by atoms with E-state index in [1.807, 2.05) is 0 Å². The van der Waals surface area contributed by atoms with Crippen LogP contribution in [0.5, 0.6) is 0 Å². The third kappa shape index (κ3) is 7.21. The lowest BCUT2D eigenvalue weighted by molar-refractivity contribution is 0.123. The van der Waals surface area contributed by atoms with Gasteiger partial charge in [-0.3, -0.25) is 4.99 Å². The van der Waals surface area contributed by atoms with Crippen molar-refractivity contribution in [1.29, 1.82) is 0 Å². The molecule has 100 valence electrons. The molecule has 0 spiro atoms. The van der Waals surface area contributed by atoms with Crippen LogP contribution in [0.4, 0.5) is 0 Å². The highest BCUT2D eigenvalue weighted by Crippen LogP contribution is 2.28. The number of rotatable bonds is 8. The highest BCUT2D eigenvalue weighted by Gasteiger charge is 2.20. The molecule has 2 N–H and O–H groups in total. The summed E-state index contributed by atoms with van der Waals surface area (Å²) in [6, 6.07) is 0.465. The summed E-state index contributed by atoms with van der Waals surface area (Å²) in [5, 5.41) is 6.63. The number of aliphatic imine (C=N–C) groups is 1. The maximum atomic E-state index is 5.58. The zero-order valence-electron chi connectivity index (χ0n) is 11.5. The molecular formula is C13H27N3O. The highest BCUT2D eigenvalue weighted by molar-refractivity contribution is 5.79. The lowest BCUT2D eigenvalue weighted by Gasteiger charge is -2.16. The van der Waals surface area contributed by atoms with Crippen molar-refractivity contribution in [2.45, 2.75) is 45.6 Å². The van der Waals surface area contributed by atoms with E-state index in [2.05, 4.69) is 29.5 Å². The fourth-order valence-electron chi connectivity index (χ4n) is 1.45. The molecule has 1 unspecified atom stereocenters. The minimum Gasteiger partial charge on any atom is -0.381 e. The molecular weight excluding hydrogens is 214 g/mol. The van der Waals surface area contributed by atoms with Crippen LogP contribution in [0.15, 0.2) is 4.99 Å². The topological polar surface area (TPSA) is 45.7 Å². The van der Waals surface area contributed by atoms with Crippen molar-refractivity contribution in [3.63, 3.8) is 0 Å². The second-order valence-corrected chi connectivity index (χ2v) is 4.82. The SMILES string of the molecule is CCC(C)NC(=NC)NCCCOCC1CC1. The van der Waals surface area contributed by atoms with Crippen molar-refractivity contribution in [1.82, 2.24) is 10.6 Å². The van der Waals surface area contributed by atoms with Gasteiger partial charge in [-0.05, 0) is 38.5 Å². The Balaban J connectivity index is 1.94. The zero-order valence-corrected chi connectivity index (χ0v) is 11.5. The maximum absolute atomic E-state index is 5.58. The summed E-state index contributed by atoms with van der Waals surface area (Å²) in [7, 11) is 1.81. The summed E-state index contributed by atoms with van der Waals surface area (Å²) < 4.78 is 5.58. The molecule has 1 aliphatic carbocycles. The van der Waals surface area contributed by atoms with Gasteiger partial charge in [0.2, 0.25) is 0 Å². The number of ether oxygens (including phenoxy) is 1. The van der Waals surface area contributed by atoms with Gasteiger partial charge in [0.15, 0.2) is 5.96 Å². The Morgan fingerprint density at radius 2 is 2.24 bits per heavy atom. The molecule has 0 amide bonds. The molecule has 0 aromatic rings. The van der Waals surface area contributed by atoms with E-state index in [9.17, 15) is 0 Å². The van der Waals surface area contributed by atoms with Gasteiger partial charge in [-0.2, -0.15) is 0 Å². The van der Waals surface area contributed by atoms with Gasteiger partial charge in [0, 0.05) is 32.8 Å². The zero-order chi connectivity index (χ0) is 12.5. The fraction of sp³-hybridized carbons (Fsp3) is 0.923. The van der Waals surface area contributed by atoms with Crippen LogP contribution >= 0.6 is 0 Å². The molecule has 17 heavy (non-hydrogen) atoms. The van der Waals surface area contributed by atoms with Crippen molar-refractivity contribution in [3.8, 4) is 0 Å². The second-order valence-electron chi connectivity index (χ2n) is 4.82. The summed E-state index contributed by atoms with van der Waals surface area (Å²) in [6.07, 6.45) is 4.87. The van der Waals surface area contributed by atoms with Crippen LogP contribution in [0.3, 0.4) is 0 Å². The standard InChI is InChI=1S/C13H27N3O/c1-4-11(2)16-13(14-3)15-8-5-9-17-10-12-6-7-12/h11-12H,4-10H2,1-3H3,(H2,14,15,16). The third-order valence-electron chi connectivity index (χ3n) is 3.03. The summed E-state index contributed by atoms with van der Waals surface area (Å²) in [5.41, 5.74) is 0. The molecule has 1 saturated carbocycles. The van der Waals surface area contributed by atoms with Crippen LogP contribution in [0, 0.1) is 5.92 Å². The monoisotopic (exact) mass is 241 g/mol. The quantitative estimate of drug-likeness (QED) is 0.387. The Hall–Kier alpha value is -0.770. The summed E-state index contributed by atoms with van der Waals surface area (Å²) in [5.74, 6) is 1.75. The molecule has 1 fully saturated rings. The molecule has 0 radical (unpaired) electrons. The van der Waals surface area contributed by atoms with Crippen LogP contribution in [0.25, 0.3) is 0 Å². The molecule has 1 atom stereocenters. The Bertz CT molecular complexity index is 227. The molecule has 4 heteroatoms. The van der Waals surface area contributed by atoms with E-state index in [1.165, 1.54) is 12.8 Å². The Kier molecular flexibility index (Phi) is 7.01. The van der Waals surface area contributed by atoms with Crippen molar-refractivity contribution < 1.29 is 4.74 Å². The average Bonchev–Trinajstić information content (AvgIpc) is 3.15. The first kappa shape index (κ1) is 14.3. The van der Waals surface area contributed by atoms with E-state index in [0.29, 0.717) is 6.04 Å². The lowest BCUT2D eigenvalue weighted by atomic mass is 10.3. The first-order valence-corrected chi connectivity index (χ1v) is 6.81. The van der Waals surface area contributed by atoms with E-state index >= 15 is 0 Å². The largest absolute Gasteiger partial charge is 0.381 e. The summed E-state index contributed by atoms with van der Waals surface area (Å²) in [4.78, 5) is 4.19. The second kappa shape index (κ2) is 8.34. The number of guanidine groups is 1. The average molecular weight is 241 g/mol. The first-order valence-electron chi connectivity index (χ1n) is 6.81. The predicted octanol–water partition coefficient (Wildman–Crippen LogP) is 1.77. The maximum Gasteiger partial charge on any atom is 0.191 e. The van der Waals surface area contributed by atoms with Crippen LogP contribution in [-0.4, -0.2) is 38.8 Å². The van der Waals surface area contributed by atoms with Gasteiger partial charge in [0.1, 0.15) is 0 Å². The van der Waals surface area contributed by atoms with Crippen molar-refractivity contribution in [2.24, 2.45) is 10.9 Å².